The molecule has 0 radical (unpaired) electrons. The molecular weight excluding hydrogens is 380 g/mol. The lowest BCUT2D eigenvalue weighted by Gasteiger charge is -2.29. The number of imide groups is 1. The number of piperidine rings is 1. The summed E-state index contributed by atoms with van der Waals surface area (Å²) in [6.07, 6.45) is 6.05. The number of nitrogens with zero attached hydrogens (tertiary/aromatic N) is 2. The third-order valence-corrected chi connectivity index (χ3v) is 5.58. The SMILES string of the molecule is CCCCOCCCN1C(=O)C(c2ccc(OCC)cc2)=C(N2CCCCC2)C1=O. The molecule has 0 bridgehead atoms. The highest BCUT2D eigenvalue weighted by Gasteiger charge is 2.41. The minimum absolute atomic E-state index is 0.167. The molecule has 0 aliphatic carbocycles. The van der Waals surface area contributed by atoms with Crippen LogP contribution in [-0.4, -0.2) is 61.1 Å². The van der Waals surface area contributed by atoms with Gasteiger partial charge in [0.15, 0.2) is 0 Å². The van der Waals surface area contributed by atoms with Gasteiger partial charge in [-0.05, 0) is 56.7 Å². The van der Waals surface area contributed by atoms with Crippen molar-refractivity contribution in [3.63, 3.8) is 0 Å². The summed E-state index contributed by atoms with van der Waals surface area (Å²) in [5.74, 6) is 0.400. The second-order valence-corrected chi connectivity index (χ2v) is 7.81. The van der Waals surface area contributed by atoms with Crippen LogP contribution < -0.4 is 4.74 Å². The zero-order valence-corrected chi connectivity index (χ0v) is 18.3. The molecule has 0 N–H and O–H groups in total. The van der Waals surface area contributed by atoms with Gasteiger partial charge in [-0.15, -0.1) is 0 Å². The molecule has 1 aromatic carbocycles. The zero-order chi connectivity index (χ0) is 21.3. The Hall–Kier alpha value is -2.34. The number of hydrogen-bond acceptors (Lipinski definition) is 5. The first-order valence-electron chi connectivity index (χ1n) is 11.3. The van der Waals surface area contributed by atoms with Crippen molar-refractivity contribution in [3.8, 4) is 5.75 Å². The lowest BCUT2D eigenvalue weighted by Crippen LogP contribution is -2.37. The van der Waals surface area contributed by atoms with Crippen LogP contribution in [0.5, 0.6) is 5.75 Å². The van der Waals surface area contributed by atoms with Crippen LogP contribution in [0.3, 0.4) is 0 Å². The average molecular weight is 415 g/mol. The van der Waals surface area contributed by atoms with Crippen molar-refractivity contribution >= 4 is 17.4 Å². The molecule has 1 fully saturated rings. The molecule has 6 heteroatoms. The van der Waals surface area contributed by atoms with Crippen LogP contribution in [0.15, 0.2) is 30.0 Å². The van der Waals surface area contributed by atoms with Gasteiger partial charge in [0.1, 0.15) is 11.4 Å². The maximum atomic E-state index is 13.3. The second kappa shape index (κ2) is 11.2. The standard InChI is InChI=1S/C24H34N2O4/c1-3-5-17-29-18-9-16-26-23(27)21(19-10-12-20(13-11-19)30-4-2)22(24(26)28)25-14-7-6-8-15-25/h10-13H,3-9,14-18H2,1-2H3. The molecule has 1 aromatic rings. The van der Waals surface area contributed by atoms with Crippen molar-refractivity contribution in [2.45, 2.75) is 52.4 Å². The van der Waals surface area contributed by atoms with Gasteiger partial charge in [0.05, 0.1) is 12.2 Å². The van der Waals surface area contributed by atoms with Gasteiger partial charge in [0, 0.05) is 32.8 Å². The number of hydrogen-bond donors (Lipinski definition) is 0. The smallest absolute Gasteiger partial charge is 0.277 e. The van der Waals surface area contributed by atoms with Crippen molar-refractivity contribution in [2.24, 2.45) is 0 Å². The topological polar surface area (TPSA) is 59.1 Å². The first-order valence-corrected chi connectivity index (χ1v) is 11.3. The van der Waals surface area contributed by atoms with Crippen LogP contribution in [0.1, 0.15) is 57.9 Å². The summed E-state index contributed by atoms with van der Waals surface area (Å²) in [5, 5.41) is 0. The van der Waals surface area contributed by atoms with E-state index < -0.39 is 0 Å². The summed E-state index contributed by atoms with van der Waals surface area (Å²) in [6, 6.07) is 7.49. The second-order valence-electron chi connectivity index (χ2n) is 7.81. The Balaban J connectivity index is 1.78. The van der Waals surface area contributed by atoms with Crippen LogP contribution in [0.25, 0.3) is 5.57 Å². The third kappa shape index (κ3) is 5.22. The molecule has 0 spiro atoms. The van der Waals surface area contributed by atoms with E-state index >= 15 is 0 Å². The van der Waals surface area contributed by atoms with E-state index in [1.165, 1.54) is 11.3 Å². The largest absolute Gasteiger partial charge is 0.494 e. The van der Waals surface area contributed by atoms with Gasteiger partial charge in [-0.3, -0.25) is 14.5 Å². The van der Waals surface area contributed by atoms with Crippen molar-refractivity contribution in [3.05, 3.63) is 35.5 Å². The van der Waals surface area contributed by atoms with Crippen molar-refractivity contribution in [1.29, 1.82) is 0 Å². The van der Waals surface area contributed by atoms with E-state index in [9.17, 15) is 9.59 Å². The maximum Gasteiger partial charge on any atom is 0.277 e. The number of rotatable bonds is 11. The summed E-state index contributed by atoms with van der Waals surface area (Å²) in [6.45, 7) is 7.98. The number of carbonyl (C=O) groups excluding carboxylic acids is 2. The zero-order valence-electron chi connectivity index (χ0n) is 18.3. The Labute approximate surface area is 179 Å². The Kier molecular flexibility index (Phi) is 8.31. The fourth-order valence-electron chi connectivity index (χ4n) is 4.00. The van der Waals surface area contributed by atoms with Crippen molar-refractivity contribution in [1.82, 2.24) is 9.80 Å². The number of benzene rings is 1. The van der Waals surface area contributed by atoms with E-state index in [0.29, 0.717) is 37.4 Å². The minimum atomic E-state index is -0.196. The highest BCUT2D eigenvalue weighted by atomic mass is 16.5. The van der Waals surface area contributed by atoms with Gasteiger partial charge >= 0.3 is 0 Å². The molecule has 0 atom stereocenters. The fraction of sp³-hybridized carbons (Fsp3) is 0.583. The van der Waals surface area contributed by atoms with Gasteiger partial charge in [-0.2, -0.15) is 0 Å². The lowest BCUT2D eigenvalue weighted by molar-refractivity contribution is -0.137. The highest BCUT2D eigenvalue weighted by molar-refractivity contribution is 6.35. The molecule has 2 heterocycles. The van der Waals surface area contributed by atoms with Crippen LogP contribution in [0.2, 0.25) is 0 Å². The molecule has 2 aliphatic heterocycles. The first-order chi connectivity index (χ1) is 14.7. The number of likely N-dealkylation sites (tertiary alicyclic amines) is 1. The highest BCUT2D eigenvalue weighted by Crippen LogP contribution is 2.33. The Morgan fingerprint density at radius 1 is 0.900 bits per heavy atom. The Morgan fingerprint density at radius 2 is 1.60 bits per heavy atom. The number of carbonyl (C=O) groups is 2. The Morgan fingerprint density at radius 3 is 2.27 bits per heavy atom. The van der Waals surface area contributed by atoms with Gasteiger partial charge in [-0.25, -0.2) is 0 Å². The molecule has 3 rings (SSSR count). The monoisotopic (exact) mass is 414 g/mol. The molecule has 0 saturated carbocycles. The molecule has 0 unspecified atom stereocenters. The lowest BCUT2D eigenvalue weighted by atomic mass is 10.0. The number of unbranched alkanes of at least 4 members (excludes halogenated alkanes) is 1. The van der Waals surface area contributed by atoms with Crippen LogP contribution >= 0.6 is 0 Å². The molecule has 164 valence electrons. The first kappa shape index (κ1) is 22.3. The van der Waals surface area contributed by atoms with E-state index in [2.05, 4.69) is 11.8 Å². The summed E-state index contributed by atoms with van der Waals surface area (Å²) in [4.78, 5) is 30.1. The summed E-state index contributed by atoms with van der Waals surface area (Å²) in [5.41, 5.74) is 1.87. The Bertz CT molecular complexity index is 751. The van der Waals surface area contributed by atoms with Crippen LogP contribution in [0.4, 0.5) is 0 Å². The maximum absolute atomic E-state index is 13.3. The van der Waals surface area contributed by atoms with E-state index in [-0.39, 0.29) is 11.8 Å². The van der Waals surface area contributed by atoms with Crippen LogP contribution in [-0.2, 0) is 14.3 Å². The van der Waals surface area contributed by atoms with Crippen molar-refractivity contribution in [2.75, 3.05) is 39.5 Å². The minimum Gasteiger partial charge on any atom is -0.494 e. The molecule has 2 aliphatic rings. The third-order valence-electron chi connectivity index (χ3n) is 5.58. The van der Waals surface area contributed by atoms with Gasteiger partial charge in [-0.1, -0.05) is 25.5 Å². The molecule has 0 aromatic heterocycles. The normalized spacial score (nSPS) is 17.3. The van der Waals surface area contributed by atoms with E-state index in [0.717, 1.165) is 56.7 Å². The summed E-state index contributed by atoms with van der Waals surface area (Å²) >= 11 is 0. The predicted molar refractivity (Wildman–Crippen MR) is 117 cm³/mol. The van der Waals surface area contributed by atoms with E-state index in [1.807, 2.05) is 31.2 Å². The number of amides is 2. The summed E-state index contributed by atoms with van der Waals surface area (Å²) in [7, 11) is 0. The van der Waals surface area contributed by atoms with Gasteiger partial charge in [0.25, 0.3) is 11.8 Å². The number of ether oxygens (including phenoxy) is 2. The molecule has 30 heavy (non-hydrogen) atoms. The van der Waals surface area contributed by atoms with Crippen molar-refractivity contribution < 1.29 is 19.1 Å². The fourth-order valence-corrected chi connectivity index (χ4v) is 4.00. The van der Waals surface area contributed by atoms with Gasteiger partial charge < -0.3 is 14.4 Å². The molecule has 6 nitrogen and oxygen atoms in total. The van der Waals surface area contributed by atoms with E-state index in [4.69, 9.17) is 9.47 Å². The molecular formula is C24H34N2O4. The quantitative estimate of drug-likeness (QED) is 0.407. The van der Waals surface area contributed by atoms with E-state index in [1.54, 1.807) is 0 Å². The molecule has 2 amide bonds. The predicted octanol–water partition coefficient (Wildman–Crippen LogP) is 3.86. The summed E-state index contributed by atoms with van der Waals surface area (Å²) < 4.78 is 11.1. The van der Waals surface area contributed by atoms with Gasteiger partial charge in [0.2, 0.25) is 0 Å². The molecule has 1 saturated heterocycles. The van der Waals surface area contributed by atoms with Crippen LogP contribution in [0, 0.1) is 0 Å². The average Bonchev–Trinajstić information content (AvgIpc) is 3.02.